The molecule has 1 aromatic carbocycles. The van der Waals surface area contributed by atoms with Crippen molar-refractivity contribution in [1.82, 2.24) is 10.6 Å². The number of anilines is 1. The van der Waals surface area contributed by atoms with Gasteiger partial charge >= 0.3 is 0 Å². The van der Waals surface area contributed by atoms with E-state index in [-0.39, 0.29) is 17.9 Å². The smallest absolute Gasteiger partial charge is 0.251 e. The summed E-state index contributed by atoms with van der Waals surface area (Å²) in [5.74, 6) is 1.36. The Morgan fingerprint density at radius 1 is 1.42 bits per heavy atom. The Labute approximate surface area is 116 Å². The largest absolute Gasteiger partial charge is 0.355 e. The van der Waals surface area contributed by atoms with Crippen LogP contribution in [0.15, 0.2) is 18.2 Å². The number of carbonyl (C=O) groups is 2. The summed E-state index contributed by atoms with van der Waals surface area (Å²) in [5.41, 5.74) is 2.16. The Morgan fingerprint density at radius 2 is 2.21 bits per heavy atom. The van der Waals surface area contributed by atoms with Crippen LogP contribution in [0.1, 0.15) is 15.9 Å². The van der Waals surface area contributed by atoms with Crippen molar-refractivity contribution in [2.24, 2.45) is 0 Å². The number of aryl methyl sites for hydroxylation is 1. The van der Waals surface area contributed by atoms with Gasteiger partial charge in [0, 0.05) is 29.9 Å². The number of thioether (sulfide) groups is 1. The molecule has 0 saturated carbocycles. The molecule has 1 heterocycles. The third-order valence-corrected chi connectivity index (χ3v) is 3.96. The molecule has 102 valence electrons. The SMILES string of the molecule is CNC(=O)c1ccc(C)c(NC(=O)C2CSCN2)c1. The van der Waals surface area contributed by atoms with Gasteiger partial charge in [-0.2, -0.15) is 0 Å². The summed E-state index contributed by atoms with van der Waals surface area (Å²) in [7, 11) is 1.58. The summed E-state index contributed by atoms with van der Waals surface area (Å²) in [5, 5.41) is 8.56. The van der Waals surface area contributed by atoms with Gasteiger partial charge in [-0.15, -0.1) is 11.8 Å². The molecule has 1 aromatic rings. The van der Waals surface area contributed by atoms with Gasteiger partial charge in [0.25, 0.3) is 5.91 Å². The van der Waals surface area contributed by atoms with Crippen LogP contribution in [0.2, 0.25) is 0 Å². The van der Waals surface area contributed by atoms with Crippen LogP contribution in [-0.4, -0.2) is 36.5 Å². The zero-order chi connectivity index (χ0) is 13.8. The lowest BCUT2D eigenvalue weighted by molar-refractivity contribution is -0.117. The lowest BCUT2D eigenvalue weighted by Crippen LogP contribution is -2.37. The molecular formula is C13H17N3O2S. The summed E-state index contributed by atoms with van der Waals surface area (Å²) in [4.78, 5) is 23.6. The molecule has 2 amide bonds. The quantitative estimate of drug-likeness (QED) is 0.770. The highest BCUT2D eigenvalue weighted by atomic mass is 32.2. The van der Waals surface area contributed by atoms with Crippen LogP contribution in [0.3, 0.4) is 0 Å². The van der Waals surface area contributed by atoms with Crippen LogP contribution >= 0.6 is 11.8 Å². The molecule has 0 aliphatic carbocycles. The highest BCUT2D eigenvalue weighted by Gasteiger charge is 2.23. The number of rotatable bonds is 3. The third-order valence-electron chi connectivity index (χ3n) is 3.02. The first-order chi connectivity index (χ1) is 9.11. The Morgan fingerprint density at radius 3 is 2.84 bits per heavy atom. The van der Waals surface area contributed by atoms with Gasteiger partial charge in [0.1, 0.15) is 0 Å². The summed E-state index contributed by atoms with van der Waals surface area (Å²) in [6, 6.07) is 5.12. The van der Waals surface area contributed by atoms with Crippen molar-refractivity contribution in [2.45, 2.75) is 13.0 Å². The van der Waals surface area contributed by atoms with E-state index >= 15 is 0 Å². The molecule has 0 aromatic heterocycles. The predicted molar refractivity (Wildman–Crippen MR) is 77.4 cm³/mol. The molecule has 1 fully saturated rings. The van der Waals surface area contributed by atoms with Gasteiger partial charge in [0.2, 0.25) is 5.91 Å². The van der Waals surface area contributed by atoms with Crippen LogP contribution in [0, 0.1) is 6.92 Å². The van der Waals surface area contributed by atoms with E-state index in [1.807, 2.05) is 13.0 Å². The average Bonchev–Trinajstić information content (AvgIpc) is 2.94. The molecule has 0 bridgehead atoms. The van der Waals surface area contributed by atoms with E-state index in [9.17, 15) is 9.59 Å². The van der Waals surface area contributed by atoms with E-state index in [1.54, 1.807) is 30.9 Å². The van der Waals surface area contributed by atoms with Crippen LogP contribution in [0.5, 0.6) is 0 Å². The van der Waals surface area contributed by atoms with Crippen LogP contribution in [0.4, 0.5) is 5.69 Å². The lowest BCUT2D eigenvalue weighted by atomic mass is 10.1. The molecule has 2 rings (SSSR count). The first-order valence-corrected chi connectivity index (χ1v) is 7.22. The third kappa shape index (κ3) is 3.27. The Hall–Kier alpha value is -1.53. The molecule has 1 saturated heterocycles. The van der Waals surface area contributed by atoms with Crippen molar-refractivity contribution >= 4 is 29.3 Å². The first-order valence-electron chi connectivity index (χ1n) is 6.06. The van der Waals surface area contributed by atoms with Gasteiger partial charge in [-0.05, 0) is 24.6 Å². The van der Waals surface area contributed by atoms with Crippen LogP contribution in [-0.2, 0) is 4.79 Å². The van der Waals surface area contributed by atoms with Crippen molar-refractivity contribution in [3.63, 3.8) is 0 Å². The van der Waals surface area contributed by atoms with Gasteiger partial charge in [-0.25, -0.2) is 0 Å². The molecule has 1 atom stereocenters. The van der Waals surface area contributed by atoms with E-state index in [2.05, 4.69) is 16.0 Å². The monoisotopic (exact) mass is 279 g/mol. The number of hydrogen-bond donors (Lipinski definition) is 3. The van der Waals surface area contributed by atoms with Gasteiger partial charge in [0.15, 0.2) is 0 Å². The standard InChI is InChI=1S/C13H17N3O2S/c1-8-3-4-9(12(17)14-2)5-10(8)16-13(18)11-6-19-7-15-11/h3-5,11,15H,6-7H2,1-2H3,(H,14,17)(H,16,18). The fraction of sp³-hybridized carbons (Fsp3) is 0.385. The minimum absolute atomic E-state index is 0.0536. The minimum Gasteiger partial charge on any atom is -0.355 e. The lowest BCUT2D eigenvalue weighted by Gasteiger charge is -2.13. The second-order valence-corrected chi connectivity index (χ2v) is 5.40. The van der Waals surface area contributed by atoms with Gasteiger partial charge in [-0.3, -0.25) is 14.9 Å². The van der Waals surface area contributed by atoms with Crippen molar-refractivity contribution in [2.75, 3.05) is 24.0 Å². The second kappa shape index (κ2) is 6.08. The molecule has 1 unspecified atom stereocenters. The van der Waals surface area contributed by atoms with E-state index in [4.69, 9.17) is 0 Å². The number of amides is 2. The van der Waals surface area contributed by atoms with Gasteiger partial charge in [-0.1, -0.05) is 6.07 Å². The molecule has 6 heteroatoms. The average molecular weight is 279 g/mol. The second-order valence-electron chi connectivity index (χ2n) is 4.37. The summed E-state index contributed by atoms with van der Waals surface area (Å²) >= 11 is 1.70. The van der Waals surface area contributed by atoms with E-state index in [1.165, 1.54) is 0 Å². The van der Waals surface area contributed by atoms with Crippen LogP contribution < -0.4 is 16.0 Å². The number of benzene rings is 1. The molecule has 5 nitrogen and oxygen atoms in total. The van der Waals surface area contributed by atoms with Gasteiger partial charge < -0.3 is 10.6 Å². The zero-order valence-corrected chi connectivity index (χ0v) is 11.8. The minimum atomic E-state index is -0.162. The molecule has 1 aliphatic heterocycles. The fourth-order valence-electron chi connectivity index (χ4n) is 1.83. The molecule has 1 aliphatic rings. The maximum absolute atomic E-state index is 12.0. The molecular weight excluding hydrogens is 262 g/mol. The number of hydrogen-bond acceptors (Lipinski definition) is 4. The van der Waals surface area contributed by atoms with E-state index in [0.717, 1.165) is 17.2 Å². The van der Waals surface area contributed by atoms with Gasteiger partial charge in [0.05, 0.1) is 6.04 Å². The topological polar surface area (TPSA) is 70.2 Å². The van der Waals surface area contributed by atoms with E-state index < -0.39 is 0 Å². The molecule has 3 N–H and O–H groups in total. The molecule has 0 radical (unpaired) electrons. The number of nitrogens with one attached hydrogen (secondary N) is 3. The molecule has 0 spiro atoms. The molecule has 19 heavy (non-hydrogen) atoms. The normalized spacial score (nSPS) is 18.1. The summed E-state index contributed by atoms with van der Waals surface area (Å²) in [6.07, 6.45) is 0. The highest BCUT2D eigenvalue weighted by molar-refractivity contribution is 7.99. The Kier molecular flexibility index (Phi) is 4.44. The van der Waals surface area contributed by atoms with Crippen molar-refractivity contribution < 1.29 is 9.59 Å². The summed E-state index contributed by atoms with van der Waals surface area (Å²) < 4.78 is 0. The van der Waals surface area contributed by atoms with Crippen molar-refractivity contribution in [1.29, 1.82) is 0 Å². The van der Waals surface area contributed by atoms with Crippen molar-refractivity contribution in [3.05, 3.63) is 29.3 Å². The maximum Gasteiger partial charge on any atom is 0.251 e. The highest BCUT2D eigenvalue weighted by Crippen LogP contribution is 2.18. The van der Waals surface area contributed by atoms with Crippen LogP contribution in [0.25, 0.3) is 0 Å². The number of carbonyl (C=O) groups excluding carboxylic acids is 2. The zero-order valence-electron chi connectivity index (χ0n) is 10.9. The van der Waals surface area contributed by atoms with Crippen molar-refractivity contribution in [3.8, 4) is 0 Å². The maximum atomic E-state index is 12.0. The predicted octanol–water partition coefficient (Wildman–Crippen LogP) is 0.956. The first kappa shape index (κ1) is 13.9. The Balaban J connectivity index is 2.14. The fourth-order valence-corrected chi connectivity index (χ4v) is 2.77. The van der Waals surface area contributed by atoms with E-state index in [0.29, 0.717) is 11.3 Å². The Bertz CT molecular complexity index is 499. The summed E-state index contributed by atoms with van der Waals surface area (Å²) in [6.45, 7) is 1.90.